The van der Waals surface area contributed by atoms with Crippen LogP contribution < -0.4 is 10.6 Å². The molecule has 0 spiro atoms. The maximum absolute atomic E-state index is 13.3. The number of allylic oxidation sites excluding steroid dienone is 2. The van der Waals surface area contributed by atoms with Crippen LogP contribution in [0.15, 0.2) is 60.0 Å². The number of hydrogen-bond acceptors (Lipinski definition) is 3. The van der Waals surface area contributed by atoms with Gasteiger partial charge in [0, 0.05) is 16.5 Å². The minimum atomic E-state index is -0.0651. The Bertz CT molecular complexity index is 1160. The Balaban J connectivity index is 1.53. The normalized spacial score (nSPS) is 21.6. The molecule has 2 N–H and O–H groups in total. The highest BCUT2D eigenvalue weighted by Gasteiger charge is 2.40. The van der Waals surface area contributed by atoms with Crippen LogP contribution >= 0.6 is 11.3 Å². The molecule has 2 aromatic carbocycles. The van der Waals surface area contributed by atoms with Crippen molar-refractivity contribution in [2.75, 3.05) is 10.6 Å². The van der Waals surface area contributed by atoms with Crippen molar-refractivity contribution in [2.45, 2.75) is 39.2 Å². The molecular weight excluding hydrogens is 388 g/mol. The van der Waals surface area contributed by atoms with Crippen LogP contribution in [0.4, 0.5) is 11.4 Å². The van der Waals surface area contributed by atoms with E-state index in [0.29, 0.717) is 17.4 Å². The maximum Gasteiger partial charge on any atom is 0.257 e. The van der Waals surface area contributed by atoms with E-state index in [9.17, 15) is 4.79 Å². The zero-order valence-electron chi connectivity index (χ0n) is 17.5. The predicted octanol–water partition coefficient (Wildman–Crippen LogP) is 6.75. The third kappa shape index (κ3) is 3.16. The molecular formula is C26H26N2OS. The van der Waals surface area contributed by atoms with Gasteiger partial charge in [0.05, 0.1) is 17.3 Å². The first kappa shape index (κ1) is 19.1. The minimum absolute atomic E-state index is 0.0651. The molecule has 1 aliphatic carbocycles. The van der Waals surface area contributed by atoms with Crippen LogP contribution in [0.2, 0.25) is 0 Å². The van der Waals surface area contributed by atoms with Gasteiger partial charge < -0.3 is 10.6 Å². The van der Waals surface area contributed by atoms with Crippen molar-refractivity contribution < 1.29 is 4.79 Å². The fourth-order valence-corrected chi connectivity index (χ4v) is 5.84. The number of para-hydroxylation sites is 1. The Kier molecular flexibility index (Phi) is 4.75. The largest absolute Gasteiger partial charge is 0.376 e. The number of thiophene rings is 1. The molecule has 0 radical (unpaired) electrons. The molecule has 1 aromatic heterocycles. The molecule has 0 saturated carbocycles. The van der Waals surface area contributed by atoms with Gasteiger partial charge in [-0.1, -0.05) is 30.4 Å². The van der Waals surface area contributed by atoms with Gasteiger partial charge in [0.1, 0.15) is 0 Å². The van der Waals surface area contributed by atoms with E-state index in [1.165, 1.54) is 27.1 Å². The highest BCUT2D eigenvalue weighted by Crippen LogP contribution is 2.51. The molecule has 30 heavy (non-hydrogen) atoms. The van der Waals surface area contributed by atoms with Crippen LogP contribution in [-0.2, 0) is 0 Å². The Morgan fingerprint density at radius 3 is 2.70 bits per heavy atom. The molecule has 3 unspecified atom stereocenters. The van der Waals surface area contributed by atoms with E-state index >= 15 is 0 Å². The van der Waals surface area contributed by atoms with Crippen molar-refractivity contribution in [3.05, 3.63) is 92.7 Å². The van der Waals surface area contributed by atoms with Crippen LogP contribution in [0.1, 0.15) is 55.9 Å². The lowest BCUT2D eigenvalue weighted by molar-refractivity contribution is 0.102. The summed E-state index contributed by atoms with van der Waals surface area (Å²) in [4.78, 5) is 14.6. The summed E-state index contributed by atoms with van der Waals surface area (Å²) in [5.41, 5.74) is 7.47. The van der Waals surface area contributed by atoms with Crippen molar-refractivity contribution in [3.8, 4) is 0 Å². The first-order valence-corrected chi connectivity index (χ1v) is 11.4. The summed E-state index contributed by atoms with van der Waals surface area (Å²) in [5.74, 6) is 0.778. The van der Waals surface area contributed by atoms with E-state index < -0.39 is 0 Å². The Morgan fingerprint density at radius 1 is 1.07 bits per heavy atom. The topological polar surface area (TPSA) is 41.1 Å². The zero-order chi connectivity index (χ0) is 20.8. The number of carbonyl (C=O) groups is 1. The van der Waals surface area contributed by atoms with Crippen LogP contribution in [0.3, 0.4) is 0 Å². The quantitative estimate of drug-likeness (QED) is 0.465. The summed E-state index contributed by atoms with van der Waals surface area (Å²) in [6.07, 6.45) is 5.69. The first-order valence-electron chi connectivity index (χ1n) is 10.5. The van der Waals surface area contributed by atoms with Crippen molar-refractivity contribution in [3.63, 3.8) is 0 Å². The summed E-state index contributed by atoms with van der Waals surface area (Å²) in [7, 11) is 0. The van der Waals surface area contributed by atoms with Gasteiger partial charge in [-0.15, -0.1) is 11.3 Å². The molecule has 2 aliphatic rings. The smallest absolute Gasteiger partial charge is 0.257 e. The number of amides is 1. The minimum Gasteiger partial charge on any atom is -0.376 e. The highest BCUT2D eigenvalue weighted by atomic mass is 32.1. The number of hydrogen-bond donors (Lipinski definition) is 2. The van der Waals surface area contributed by atoms with E-state index in [1.54, 1.807) is 0 Å². The number of nitrogens with one attached hydrogen (secondary N) is 2. The van der Waals surface area contributed by atoms with Gasteiger partial charge in [-0.05, 0) is 85.0 Å². The van der Waals surface area contributed by atoms with E-state index in [-0.39, 0.29) is 11.9 Å². The van der Waals surface area contributed by atoms with E-state index in [1.807, 2.05) is 41.7 Å². The lowest BCUT2D eigenvalue weighted by Crippen LogP contribution is -2.30. The SMILES string of the molecule is Cc1ccc(NC(=O)c2cccc3c2NC(c2sccc2C)C2CC=CC32)cc1C. The van der Waals surface area contributed by atoms with Gasteiger partial charge >= 0.3 is 0 Å². The van der Waals surface area contributed by atoms with Gasteiger partial charge in [-0.2, -0.15) is 0 Å². The van der Waals surface area contributed by atoms with Gasteiger partial charge in [-0.25, -0.2) is 0 Å². The number of anilines is 2. The highest BCUT2D eigenvalue weighted by molar-refractivity contribution is 7.10. The molecule has 4 heteroatoms. The molecule has 5 rings (SSSR count). The van der Waals surface area contributed by atoms with E-state index in [0.717, 1.165) is 17.8 Å². The number of benzene rings is 2. The Morgan fingerprint density at radius 2 is 1.93 bits per heavy atom. The fourth-order valence-electron chi connectivity index (χ4n) is 4.79. The van der Waals surface area contributed by atoms with E-state index in [2.05, 4.69) is 61.1 Å². The molecule has 0 fully saturated rings. The zero-order valence-corrected chi connectivity index (χ0v) is 18.3. The lowest BCUT2D eigenvalue weighted by Gasteiger charge is -2.38. The van der Waals surface area contributed by atoms with Crippen molar-refractivity contribution in [1.29, 1.82) is 0 Å². The molecule has 1 amide bonds. The molecule has 1 aliphatic heterocycles. The Hall–Kier alpha value is -2.85. The predicted molar refractivity (Wildman–Crippen MR) is 126 cm³/mol. The number of fused-ring (bicyclic) bond motifs is 3. The van der Waals surface area contributed by atoms with Crippen LogP contribution in [0.5, 0.6) is 0 Å². The summed E-state index contributed by atoms with van der Waals surface area (Å²) >= 11 is 1.81. The van der Waals surface area contributed by atoms with Gasteiger partial charge in [-0.3, -0.25) is 4.79 Å². The standard InChI is InChI=1S/C26H26N2OS/c1-15-10-11-18(14-17(15)3)27-26(29)22-9-5-7-20-19-6-4-8-21(19)24(28-23(20)22)25-16(2)12-13-30-25/h4-7,9-14,19,21,24,28H,8H2,1-3H3,(H,27,29). The lowest BCUT2D eigenvalue weighted by atomic mass is 9.77. The average molecular weight is 415 g/mol. The van der Waals surface area contributed by atoms with Gasteiger partial charge in [0.2, 0.25) is 0 Å². The van der Waals surface area contributed by atoms with Crippen molar-refractivity contribution in [2.24, 2.45) is 5.92 Å². The van der Waals surface area contributed by atoms with Crippen LogP contribution in [0.25, 0.3) is 0 Å². The molecule has 0 bridgehead atoms. The molecule has 152 valence electrons. The molecule has 2 heterocycles. The molecule has 3 aromatic rings. The second kappa shape index (κ2) is 7.44. The summed E-state index contributed by atoms with van der Waals surface area (Å²) in [6.45, 7) is 6.33. The van der Waals surface area contributed by atoms with Crippen molar-refractivity contribution >= 4 is 28.6 Å². The van der Waals surface area contributed by atoms with Gasteiger partial charge in [0.15, 0.2) is 0 Å². The number of rotatable bonds is 3. The molecule has 0 saturated heterocycles. The van der Waals surface area contributed by atoms with Crippen molar-refractivity contribution in [1.82, 2.24) is 0 Å². The van der Waals surface area contributed by atoms with Crippen LogP contribution in [-0.4, -0.2) is 5.91 Å². The number of aryl methyl sites for hydroxylation is 3. The second-order valence-corrected chi connectivity index (χ2v) is 9.41. The summed E-state index contributed by atoms with van der Waals surface area (Å²) in [5, 5.41) is 9.04. The molecule has 3 atom stereocenters. The average Bonchev–Trinajstić information content (AvgIpc) is 3.39. The van der Waals surface area contributed by atoms with E-state index in [4.69, 9.17) is 0 Å². The first-order chi connectivity index (χ1) is 14.5. The van der Waals surface area contributed by atoms with Crippen LogP contribution in [0, 0.1) is 26.7 Å². The third-order valence-electron chi connectivity index (χ3n) is 6.59. The summed E-state index contributed by atoms with van der Waals surface area (Å²) in [6, 6.07) is 14.6. The fraction of sp³-hybridized carbons (Fsp3) is 0.269. The third-order valence-corrected chi connectivity index (χ3v) is 7.69. The maximum atomic E-state index is 13.3. The second-order valence-electron chi connectivity index (χ2n) is 8.47. The number of carbonyl (C=O) groups excluding carboxylic acids is 1. The summed E-state index contributed by atoms with van der Waals surface area (Å²) < 4.78 is 0. The molecule has 3 nitrogen and oxygen atoms in total. The Labute approximate surface area is 181 Å². The monoisotopic (exact) mass is 414 g/mol. The van der Waals surface area contributed by atoms with Gasteiger partial charge in [0.25, 0.3) is 5.91 Å².